The highest BCUT2D eigenvalue weighted by atomic mass is 32.2. The molecule has 0 bridgehead atoms. The second kappa shape index (κ2) is 6.28. The number of hydrogen-bond acceptors (Lipinski definition) is 3. The van der Waals surface area contributed by atoms with Crippen LogP contribution in [0.1, 0.15) is 27.2 Å². The SMILES string of the molecule is CSC(C)CN1CCC(=O)NC(C(C)C)C1=O. The van der Waals surface area contributed by atoms with E-state index in [1.165, 1.54) is 0 Å². The summed E-state index contributed by atoms with van der Waals surface area (Å²) < 4.78 is 0. The van der Waals surface area contributed by atoms with Crippen LogP contribution in [0.5, 0.6) is 0 Å². The van der Waals surface area contributed by atoms with Gasteiger partial charge in [-0.05, 0) is 12.2 Å². The minimum absolute atomic E-state index is 0.0173. The van der Waals surface area contributed by atoms with Crippen LogP contribution in [-0.4, -0.2) is 47.4 Å². The van der Waals surface area contributed by atoms with Gasteiger partial charge >= 0.3 is 0 Å². The summed E-state index contributed by atoms with van der Waals surface area (Å²) in [5, 5.41) is 3.22. The quantitative estimate of drug-likeness (QED) is 0.822. The van der Waals surface area contributed by atoms with Crippen LogP contribution < -0.4 is 5.32 Å². The van der Waals surface area contributed by atoms with Gasteiger partial charge < -0.3 is 10.2 Å². The number of amides is 2. The van der Waals surface area contributed by atoms with E-state index in [0.29, 0.717) is 18.2 Å². The minimum atomic E-state index is -0.362. The summed E-state index contributed by atoms with van der Waals surface area (Å²) in [6.45, 7) is 7.29. The topological polar surface area (TPSA) is 49.4 Å². The van der Waals surface area contributed by atoms with Crippen molar-refractivity contribution in [3.05, 3.63) is 0 Å². The summed E-state index contributed by atoms with van der Waals surface area (Å²) in [5.41, 5.74) is 0. The highest BCUT2D eigenvalue weighted by Crippen LogP contribution is 2.14. The van der Waals surface area contributed by atoms with Gasteiger partial charge in [0.25, 0.3) is 0 Å². The maximum absolute atomic E-state index is 12.3. The molecule has 1 aliphatic rings. The summed E-state index contributed by atoms with van der Waals surface area (Å²) in [7, 11) is 0. The third-order valence-corrected chi connectivity index (χ3v) is 4.00. The van der Waals surface area contributed by atoms with E-state index in [0.717, 1.165) is 6.54 Å². The van der Waals surface area contributed by atoms with Crippen molar-refractivity contribution in [2.75, 3.05) is 19.3 Å². The van der Waals surface area contributed by atoms with E-state index in [1.54, 1.807) is 11.8 Å². The lowest BCUT2D eigenvalue weighted by atomic mass is 10.0. The van der Waals surface area contributed by atoms with Gasteiger partial charge in [-0.25, -0.2) is 0 Å². The van der Waals surface area contributed by atoms with E-state index in [2.05, 4.69) is 12.2 Å². The second-order valence-electron chi connectivity index (χ2n) is 4.87. The molecule has 4 nitrogen and oxygen atoms in total. The van der Waals surface area contributed by atoms with Crippen LogP contribution in [0.15, 0.2) is 0 Å². The second-order valence-corrected chi connectivity index (χ2v) is 6.15. The monoisotopic (exact) mass is 258 g/mol. The van der Waals surface area contributed by atoms with Crippen molar-refractivity contribution in [2.45, 2.75) is 38.5 Å². The maximum atomic E-state index is 12.3. The van der Waals surface area contributed by atoms with Crippen LogP contribution >= 0.6 is 11.8 Å². The molecule has 2 atom stereocenters. The molecule has 2 amide bonds. The minimum Gasteiger partial charge on any atom is -0.344 e. The molecule has 0 aliphatic carbocycles. The molecule has 2 unspecified atom stereocenters. The molecule has 0 aromatic rings. The molecule has 1 aliphatic heterocycles. The maximum Gasteiger partial charge on any atom is 0.245 e. The first kappa shape index (κ1) is 14.4. The molecule has 0 aromatic carbocycles. The molecule has 0 aromatic heterocycles. The third kappa shape index (κ3) is 3.91. The molecule has 1 saturated heterocycles. The van der Waals surface area contributed by atoms with Gasteiger partial charge in [-0.15, -0.1) is 0 Å². The summed E-state index contributed by atoms with van der Waals surface area (Å²) in [4.78, 5) is 25.7. The van der Waals surface area contributed by atoms with Crippen LogP contribution in [0.2, 0.25) is 0 Å². The van der Waals surface area contributed by atoms with Crippen LogP contribution in [0.3, 0.4) is 0 Å². The van der Waals surface area contributed by atoms with Gasteiger partial charge in [0.15, 0.2) is 0 Å². The van der Waals surface area contributed by atoms with Crippen molar-refractivity contribution >= 4 is 23.6 Å². The number of thioether (sulfide) groups is 1. The number of carbonyl (C=O) groups excluding carboxylic acids is 2. The molecular formula is C12H22N2O2S. The number of hydrogen-bond donors (Lipinski definition) is 1. The van der Waals surface area contributed by atoms with Crippen molar-refractivity contribution < 1.29 is 9.59 Å². The Morgan fingerprint density at radius 1 is 1.41 bits per heavy atom. The zero-order chi connectivity index (χ0) is 13.0. The van der Waals surface area contributed by atoms with Gasteiger partial charge in [0.05, 0.1) is 0 Å². The standard InChI is InChI=1S/C12H22N2O2S/c1-8(2)11-12(16)14(7-9(3)17-4)6-5-10(15)13-11/h8-9,11H,5-7H2,1-4H3,(H,13,15). The highest BCUT2D eigenvalue weighted by Gasteiger charge is 2.32. The fraction of sp³-hybridized carbons (Fsp3) is 0.833. The molecule has 0 spiro atoms. The van der Waals surface area contributed by atoms with Crippen molar-refractivity contribution in [2.24, 2.45) is 5.92 Å². The van der Waals surface area contributed by atoms with Gasteiger partial charge in [0.2, 0.25) is 11.8 Å². The predicted molar refractivity (Wildman–Crippen MR) is 70.9 cm³/mol. The Morgan fingerprint density at radius 2 is 2.06 bits per heavy atom. The van der Waals surface area contributed by atoms with Crippen LogP contribution in [0.25, 0.3) is 0 Å². The van der Waals surface area contributed by atoms with Crippen LogP contribution in [0.4, 0.5) is 0 Å². The summed E-state index contributed by atoms with van der Waals surface area (Å²) >= 11 is 1.74. The molecule has 1 fully saturated rings. The van der Waals surface area contributed by atoms with E-state index in [4.69, 9.17) is 0 Å². The first-order valence-corrected chi connectivity index (χ1v) is 7.35. The van der Waals surface area contributed by atoms with Gasteiger partial charge in [0, 0.05) is 24.8 Å². The van der Waals surface area contributed by atoms with Crippen LogP contribution in [-0.2, 0) is 9.59 Å². The van der Waals surface area contributed by atoms with Crippen LogP contribution in [0, 0.1) is 5.92 Å². The smallest absolute Gasteiger partial charge is 0.245 e. The van der Waals surface area contributed by atoms with E-state index in [1.807, 2.05) is 25.0 Å². The first-order valence-electron chi connectivity index (χ1n) is 6.06. The van der Waals surface area contributed by atoms with Crippen molar-refractivity contribution in [1.82, 2.24) is 10.2 Å². The van der Waals surface area contributed by atoms with Gasteiger partial charge in [0.1, 0.15) is 6.04 Å². The molecule has 0 radical (unpaired) electrons. The Kier molecular flexibility index (Phi) is 5.31. The van der Waals surface area contributed by atoms with E-state index >= 15 is 0 Å². The van der Waals surface area contributed by atoms with E-state index in [-0.39, 0.29) is 23.8 Å². The summed E-state index contributed by atoms with van der Waals surface area (Å²) in [5.74, 6) is 0.180. The fourth-order valence-corrected chi connectivity index (χ4v) is 2.20. The molecule has 5 heteroatoms. The lowest BCUT2D eigenvalue weighted by Crippen LogP contribution is -2.48. The fourth-order valence-electron chi connectivity index (χ4n) is 1.87. The first-order chi connectivity index (χ1) is 7.95. The van der Waals surface area contributed by atoms with Crippen molar-refractivity contribution in [3.63, 3.8) is 0 Å². The Bertz CT molecular complexity index is 294. The van der Waals surface area contributed by atoms with Crippen molar-refractivity contribution in [1.29, 1.82) is 0 Å². The molecular weight excluding hydrogens is 236 g/mol. The lowest BCUT2D eigenvalue weighted by Gasteiger charge is -2.27. The molecule has 1 N–H and O–H groups in total. The van der Waals surface area contributed by atoms with E-state index in [9.17, 15) is 9.59 Å². The average molecular weight is 258 g/mol. The zero-order valence-corrected chi connectivity index (χ0v) is 11.8. The molecule has 17 heavy (non-hydrogen) atoms. The third-order valence-electron chi connectivity index (χ3n) is 3.05. The van der Waals surface area contributed by atoms with Gasteiger partial charge in [-0.3, -0.25) is 9.59 Å². The molecule has 0 saturated carbocycles. The van der Waals surface area contributed by atoms with Gasteiger partial charge in [-0.1, -0.05) is 20.8 Å². The number of nitrogens with one attached hydrogen (secondary N) is 1. The Morgan fingerprint density at radius 3 is 2.59 bits per heavy atom. The number of nitrogens with zero attached hydrogens (tertiary/aromatic N) is 1. The molecule has 1 rings (SSSR count). The predicted octanol–water partition coefficient (Wildman–Crippen LogP) is 1.11. The largest absolute Gasteiger partial charge is 0.344 e. The number of rotatable bonds is 4. The summed E-state index contributed by atoms with van der Waals surface area (Å²) in [6, 6.07) is -0.362. The Labute approximate surface area is 108 Å². The Hall–Kier alpha value is -0.710. The van der Waals surface area contributed by atoms with Gasteiger partial charge in [-0.2, -0.15) is 11.8 Å². The lowest BCUT2D eigenvalue weighted by molar-refractivity contribution is -0.134. The highest BCUT2D eigenvalue weighted by molar-refractivity contribution is 7.99. The summed E-state index contributed by atoms with van der Waals surface area (Å²) in [6.07, 6.45) is 2.45. The molecule has 1 heterocycles. The molecule has 98 valence electrons. The Balaban J connectivity index is 2.76. The zero-order valence-electron chi connectivity index (χ0n) is 11.0. The normalized spacial score (nSPS) is 23.6. The average Bonchev–Trinajstić information content (AvgIpc) is 2.41. The van der Waals surface area contributed by atoms with Crippen molar-refractivity contribution in [3.8, 4) is 0 Å². The number of carbonyl (C=O) groups is 2. The van der Waals surface area contributed by atoms with E-state index < -0.39 is 0 Å².